The number of hydrogen-bond acceptors (Lipinski definition) is 3. The first kappa shape index (κ1) is 7.34. The van der Waals surface area contributed by atoms with E-state index in [1.807, 2.05) is 0 Å². The molecule has 0 saturated heterocycles. The number of hydrogen-bond donors (Lipinski definition) is 2. The number of H-pyrrole nitrogens is 1. The van der Waals surface area contributed by atoms with Crippen LogP contribution in [0.3, 0.4) is 0 Å². The average molecular weight is 165 g/mol. The minimum Gasteiger partial charge on any atom is -0.367 e. The minimum absolute atomic E-state index is 0.0144. The van der Waals surface area contributed by atoms with E-state index in [0.717, 1.165) is 24.2 Å². The standard InChI is InChI=1S/C8H11N3O/c1-5-2-3-6-7(11-5)9-4-10-8(6)12/h4-5H,2-3H2,1H3,(H2,9,10,11,12). The molecule has 0 saturated carbocycles. The molecular formula is C8H11N3O. The molecule has 0 fully saturated rings. The van der Waals surface area contributed by atoms with Crippen molar-refractivity contribution in [2.75, 3.05) is 5.32 Å². The Morgan fingerprint density at radius 3 is 3.33 bits per heavy atom. The van der Waals surface area contributed by atoms with Gasteiger partial charge in [-0.1, -0.05) is 0 Å². The third kappa shape index (κ3) is 1.09. The SMILES string of the molecule is CC1CCc2c(nc[nH]c2=O)N1. The fourth-order valence-corrected chi connectivity index (χ4v) is 1.45. The zero-order valence-corrected chi connectivity index (χ0v) is 6.92. The Morgan fingerprint density at radius 2 is 2.50 bits per heavy atom. The molecule has 1 aromatic rings. The summed E-state index contributed by atoms with van der Waals surface area (Å²) in [4.78, 5) is 17.9. The largest absolute Gasteiger partial charge is 0.367 e. The minimum atomic E-state index is -0.0144. The Hall–Kier alpha value is -1.32. The van der Waals surface area contributed by atoms with Crippen LogP contribution in [0.4, 0.5) is 5.82 Å². The van der Waals surface area contributed by atoms with Crippen LogP contribution in [0.15, 0.2) is 11.1 Å². The molecule has 1 aliphatic heterocycles. The van der Waals surface area contributed by atoms with E-state index < -0.39 is 0 Å². The molecule has 12 heavy (non-hydrogen) atoms. The van der Waals surface area contributed by atoms with Crippen LogP contribution < -0.4 is 10.9 Å². The van der Waals surface area contributed by atoms with Crippen LogP contribution in [0.2, 0.25) is 0 Å². The van der Waals surface area contributed by atoms with Gasteiger partial charge in [0.1, 0.15) is 5.82 Å². The lowest BCUT2D eigenvalue weighted by atomic mass is 10.0. The lowest BCUT2D eigenvalue weighted by Crippen LogP contribution is -2.28. The summed E-state index contributed by atoms with van der Waals surface area (Å²) in [6.45, 7) is 2.09. The number of fused-ring (bicyclic) bond motifs is 1. The molecule has 1 aromatic heterocycles. The molecule has 0 amide bonds. The number of anilines is 1. The van der Waals surface area contributed by atoms with Crippen molar-refractivity contribution in [3.8, 4) is 0 Å². The molecule has 1 atom stereocenters. The van der Waals surface area contributed by atoms with Gasteiger partial charge in [0.2, 0.25) is 0 Å². The molecule has 2 rings (SSSR count). The lowest BCUT2D eigenvalue weighted by Gasteiger charge is -2.21. The zero-order valence-electron chi connectivity index (χ0n) is 6.92. The molecule has 4 nitrogen and oxygen atoms in total. The third-order valence-electron chi connectivity index (χ3n) is 2.16. The smallest absolute Gasteiger partial charge is 0.256 e. The maximum Gasteiger partial charge on any atom is 0.256 e. The monoisotopic (exact) mass is 165 g/mol. The highest BCUT2D eigenvalue weighted by Gasteiger charge is 2.16. The number of aromatic amines is 1. The quantitative estimate of drug-likeness (QED) is 0.589. The highest BCUT2D eigenvalue weighted by Crippen LogP contribution is 2.17. The van der Waals surface area contributed by atoms with Gasteiger partial charge in [0, 0.05) is 6.04 Å². The van der Waals surface area contributed by atoms with Crippen molar-refractivity contribution in [3.05, 3.63) is 22.2 Å². The van der Waals surface area contributed by atoms with Crippen LogP contribution in [0, 0.1) is 0 Å². The van der Waals surface area contributed by atoms with E-state index in [-0.39, 0.29) is 5.56 Å². The molecule has 1 aliphatic rings. The molecule has 64 valence electrons. The molecule has 0 aliphatic carbocycles. The second kappa shape index (κ2) is 2.62. The lowest BCUT2D eigenvalue weighted by molar-refractivity contribution is 0.666. The number of nitrogens with zero attached hydrogens (tertiary/aromatic N) is 1. The Balaban J connectivity index is 2.49. The van der Waals surface area contributed by atoms with Crippen molar-refractivity contribution >= 4 is 5.82 Å². The molecule has 2 heterocycles. The second-order valence-electron chi connectivity index (χ2n) is 3.14. The van der Waals surface area contributed by atoms with E-state index in [1.165, 1.54) is 6.33 Å². The van der Waals surface area contributed by atoms with Gasteiger partial charge in [-0.15, -0.1) is 0 Å². The summed E-state index contributed by atoms with van der Waals surface area (Å²) in [5.74, 6) is 0.748. The summed E-state index contributed by atoms with van der Waals surface area (Å²) in [5, 5.41) is 3.17. The van der Waals surface area contributed by atoms with Crippen molar-refractivity contribution in [1.82, 2.24) is 9.97 Å². The average Bonchev–Trinajstić information content (AvgIpc) is 2.04. The summed E-state index contributed by atoms with van der Waals surface area (Å²) >= 11 is 0. The summed E-state index contributed by atoms with van der Waals surface area (Å²) in [5.41, 5.74) is 0.773. The van der Waals surface area contributed by atoms with Gasteiger partial charge < -0.3 is 10.3 Å². The van der Waals surface area contributed by atoms with Crippen LogP contribution >= 0.6 is 0 Å². The van der Waals surface area contributed by atoms with Crippen molar-refractivity contribution in [2.45, 2.75) is 25.8 Å². The Morgan fingerprint density at radius 1 is 1.67 bits per heavy atom. The van der Waals surface area contributed by atoms with Gasteiger partial charge in [-0.2, -0.15) is 0 Å². The van der Waals surface area contributed by atoms with Gasteiger partial charge in [0.15, 0.2) is 0 Å². The fourth-order valence-electron chi connectivity index (χ4n) is 1.45. The Labute approximate surface area is 70.0 Å². The van der Waals surface area contributed by atoms with E-state index in [0.29, 0.717) is 6.04 Å². The van der Waals surface area contributed by atoms with Crippen LogP contribution in [0.5, 0.6) is 0 Å². The highest BCUT2D eigenvalue weighted by molar-refractivity contribution is 5.45. The number of aromatic nitrogens is 2. The van der Waals surface area contributed by atoms with Gasteiger partial charge in [-0.3, -0.25) is 4.79 Å². The maximum atomic E-state index is 11.2. The van der Waals surface area contributed by atoms with E-state index in [9.17, 15) is 4.79 Å². The molecule has 2 N–H and O–H groups in total. The molecule has 0 aromatic carbocycles. The van der Waals surface area contributed by atoms with Crippen LogP contribution in [0.25, 0.3) is 0 Å². The summed E-state index contributed by atoms with van der Waals surface area (Å²) < 4.78 is 0. The molecule has 4 heteroatoms. The highest BCUT2D eigenvalue weighted by atomic mass is 16.1. The predicted molar refractivity (Wildman–Crippen MR) is 46.3 cm³/mol. The van der Waals surface area contributed by atoms with Crippen molar-refractivity contribution in [3.63, 3.8) is 0 Å². The summed E-state index contributed by atoms with van der Waals surface area (Å²) in [7, 11) is 0. The van der Waals surface area contributed by atoms with E-state index in [1.54, 1.807) is 0 Å². The first-order valence-corrected chi connectivity index (χ1v) is 4.10. The Bertz CT molecular complexity index is 344. The van der Waals surface area contributed by atoms with E-state index in [4.69, 9.17) is 0 Å². The van der Waals surface area contributed by atoms with Crippen molar-refractivity contribution in [1.29, 1.82) is 0 Å². The van der Waals surface area contributed by atoms with Crippen molar-refractivity contribution < 1.29 is 0 Å². The molecular weight excluding hydrogens is 154 g/mol. The van der Waals surface area contributed by atoms with Gasteiger partial charge in [-0.05, 0) is 19.8 Å². The number of rotatable bonds is 0. The zero-order chi connectivity index (χ0) is 8.55. The molecule has 0 bridgehead atoms. The predicted octanol–water partition coefficient (Wildman–Crippen LogP) is 0.516. The van der Waals surface area contributed by atoms with E-state index >= 15 is 0 Å². The second-order valence-corrected chi connectivity index (χ2v) is 3.14. The maximum absolute atomic E-state index is 11.2. The normalized spacial score (nSPS) is 21.2. The summed E-state index contributed by atoms with van der Waals surface area (Å²) in [6, 6.07) is 0.423. The van der Waals surface area contributed by atoms with Gasteiger partial charge in [-0.25, -0.2) is 4.98 Å². The van der Waals surface area contributed by atoms with Crippen LogP contribution in [-0.4, -0.2) is 16.0 Å². The van der Waals surface area contributed by atoms with E-state index in [2.05, 4.69) is 22.2 Å². The number of nitrogens with one attached hydrogen (secondary N) is 2. The topological polar surface area (TPSA) is 57.8 Å². The fraction of sp³-hybridized carbons (Fsp3) is 0.500. The first-order valence-electron chi connectivity index (χ1n) is 4.10. The van der Waals surface area contributed by atoms with Gasteiger partial charge in [0.05, 0.1) is 11.9 Å². The Kier molecular flexibility index (Phi) is 1.60. The first-order chi connectivity index (χ1) is 5.77. The van der Waals surface area contributed by atoms with Gasteiger partial charge >= 0.3 is 0 Å². The summed E-state index contributed by atoms with van der Waals surface area (Å²) in [6.07, 6.45) is 3.26. The van der Waals surface area contributed by atoms with Crippen LogP contribution in [-0.2, 0) is 6.42 Å². The van der Waals surface area contributed by atoms with Crippen LogP contribution in [0.1, 0.15) is 18.9 Å². The molecule has 0 radical (unpaired) electrons. The van der Waals surface area contributed by atoms with Crippen molar-refractivity contribution in [2.24, 2.45) is 0 Å². The van der Waals surface area contributed by atoms with Gasteiger partial charge in [0.25, 0.3) is 5.56 Å². The molecule has 0 spiro atoms. The molecule has 1 unspecified atom stereocenters. The third-order valence-corrected chi connectivity index (χ3v) is 2.16.